The molecule has 0 spiro atoms. The fourth-order valence-corrected chi connectivity index (χ4v) is 5.42. The van der Waals surface area contributed by atoms with E-state index in [0.717, 1.165) is 22.5 Å². The van der Waals surface area contributed by atoms with Gasteiger partial charge in [-0.3, -0.25) is 25.0 Å². The Bertz CT molecular complexity index is 1490. The van der Waals surface area contributed by atoms with Crippen molar-refractivity contribution in [2.75, 3.05) is 11.9 Å². The van der Waals surface area contributed by atoms with Gasteiger partial charge in [0.2, 0.25) is 11.8 Å². The van der Waals surface area contributed by atoms with Crippen molar-refractivity contribution >= 4 is 52.0 Å². The summed E-state index contributed by atoms with van der Waals surface area (Å²) in [6.45, 7) is 10.4. The van der Waals surface area contributed by atoms with Crippen molar-refractivity contribution < 1.29 is 38.2 Å². The Kier molecular flexibility index (Phi) is 8.81. The maximum atomic E-state index is 12.9. The molecule has 2 aliphatic heterocycles. The van der Waals surface area contributed by atoms with Gasteiger partial charge in [0.25, 0.3) is 5.91 Å². The van der Waals surface area contributed by atoms with Gasteiger partial charge in [0.1, 0.15) is 23.3 Å². The third kappa shape index (κ3) is 7.03. The lowest BCUT2D eigenvalue weighted by molar-refractivity contribution is -0.150. The first-order valence-electron chi connectivity index (χ1n) is 13.2. The standard InChI is InChI=1S/C29H32N4O8S/c1-15(26(37)41-29(3,4)5)13-40-27(38)22-16(2)14-42-24(22)32-28(39)30-11-17-6-7-19-18(10-17)12-33(25(19)36)20-8-9-21(34)31-23(20)35/h6-7,10,14,20H,1,8-9,11-13H2,2-5H3,(H2,30,32,39)(H,31,34,35). The van der Waals surface area contributed by atoms with Gasteiger partial charge < -0.3 is 19.7 Å². The third-order valence-corrected chi connectivity index (χ3v) is 7.53. The molecule has 1 aromatic heterocycles. The summed E-state index contributed by atoms with van der Waals surface area (Å²) in [5.74, 6) is -2.50. The summed E-state index contributed by atoms with van der Waals surface area (Å²) in [6, 6.07) is 3.88. The second kappa shape index (κ2) is 12.1. The number of fused-ring (bicyclic) bond motifs is 1. The average Bonchev–Trinajstić information content (AvgIpc) is 3.43. The number of hydrogen-bond acceptors (Lipinski definition) is 9. The van der Waals surface area contributed by atoms with Crippen LogP contribution in [0.25, 0.3) is 0 Å². The van der Waals surface area contributed by atoms with Crippen molar-refractivity contribution in [3.8, 4) is 0 Å². The van der Waals surface area contributed by atoms with Crippen molar-refractivity contribution in [2.45, 2.75) is 65.3 Å². The van der Waals surface area contributed by atoms with E-state index in [0.29, 0.717) is 11.1 Å². The molecule has 0 radical (unpaired) electrons. The Morgan fingerprint density at radius 1 is 1.19 bits per heavy atom. The van der Waals surface area contributed by atoms with Gasteiger partial charge in [-0.2, -0.15) is 0 Å². The number of carbonyl (C=O) groups is 6. The number of hydrogen-bond donors (Lipinski definition) is 3. The molecule has 2 aliphatic rings. The van der Waals surface area contributed by atoms with Gasteiger partial charge in [-0.15, -0.1) is 11.3 Å². The Hall–Kier alpha value is -4.52. The summed E-state index contributed by atoms with van der Waals surface area (Å²) in [7, 11) is 0. The molecular weight excluding hydrogens is 564 g/mol. The number of nitrogens with zero attached hydrogens (tertiary/aromatic N) is 1. The number of aryl methyl sites for hydroxylation is 1. The molecule has 3 N–H and O–H groups in total. The largest absolute Gasteiger partial charge is 0.457 e. The van der Waals surface area contributed by atoms with Gasteiger partial charge in [0, 0.05) is 25.1 Å². The maximum absolute atomic E-state index is 12.9. The Labute approximate surface area is 246 Å². The molecule has 1 unspecified atom stereocenters. The van der Waals surface area contributed by atoms with Crippen LogP contribution in [0.4, 0.5) is 9.80 Å². The molecule has 3 heterocycles. The number of urea groups is 1. The number of esters is 2. The zero-order chi connectivity index (χ0) is 30.8. The average molecular weight is 597 g/mol. The predicted molar refractivity (Wildman–Crippen MR) is 153 cm³/mol. The molecule has 1 aromatic carbocycles. The van der Waals surface area contributed by atoms with Crippen LogP contribution in [0.15, 0.2) is 35.7 Å². The first kappa shape index (κ1) is 30.4. The number of nitrogens with one attached hydrogen (secondary N) is 3. The summed E-state index contributed by atoms with van der Waals surface area (Å²) in [6.07, 6.45) is 0.445. The molecule has 1 saturated heterocycles. The summed E-state index contributed by atoms with van der Waals surface area (Å²) < 4.78 is 10.5. The van der Waals surface area contributed by atoms with Crippen molar-refractivity contribution in [2.24, 2.45) is 0 Å². The minimum Gasteiger partial charge on any atom is -0.457 e. The van der Waals surface area contributed by atoms with E-state index in [1.54, 1.807) is 51.3 Å². The first-order valence-corrected chi connectivity index (χ1v) is 14.1. The van der Waals surface area contributed by atoms with E-state index in [4.69, 9.17) is 9.47 Å². The molecule has 0 aliphatic carbocycles. The molecule has 13 heteroatoms. The molecule has 42 heavy (non-hydrogen) atoms. The number of amides is 5. The van der Waals surface area contributed by atoms with Crippen LogP contribution in [-0.2, 0) is 36.9 Å². The van der Waals surface area contributed by atoms with Crippen molar-refractivity contribution in [3.05, 3.63) is 63.5 Å². The van der Waals surface area contributed by atoms with Crippen LogP contribution in [0, 0.1) is 6.92 Å². The molecule has 5 amide bonds. The minimum atomic E-state index is -0.724. The summed E-state index contributed by atoms with van der Waals surface area (Å²) in [5.41, 5.74) is 1.94. The highest BCUT2D eigenvalue weighted by Crippen LogP contribution is 2.30. The molecule has 1 fully saturated rings. The predicted octanol–water partition coefficient (Wildman–Crippen LogP) is 3.19. The highest BCUT2D eigenvalue weighted by atomic mass is 32.1. The van der Waals surface area contributed by atoms with Crippen LogP contribution in [0.3, 0.4) is 0 Å². The fourth-order valence-electron chi connectivity index (χ4n) is 4.49. The molecule has 4 rings (SSSR count). The lowest BCUT2D eigenvalue weighted by atomic mass is 10.0. The minimum absolute atomic E-state index is 0.0188. The maximum Gasteiger partial charge on any atom is 0.341 e. The Morgan fingerprint density at radius 2 is 1.93 bits per heavy atom. The molecular formula is C29H32N4O8S. The van der Waals surface area contributed by atoms with Crippen LogP contribution < -0.4 is 16.0 Å². The molecule has 0 bridgehead atoms. The summed E-state index contributed by atoms with van der Waals surface area (Å²) in [4.78, 5) is 75.6. The number of anilines is 1. The van der Waals surface area contributed by atoms with Crippen LogP contribution in [-0.4, -0.2) is 58.8 Å². The van der Waals surface area contributed by atoms with E-state index < -0.39 is 35.5 Å². The molecule has 1 atom stereocenters. The van der Waals surface area contributed by atoms with Crippen molar-refractivity contribution in [1.29, 1.82) is 0 Å². The highest BCUT2D eigenvalue weighted by Gasteiger charge is 2.39. The molecule has 0 saturated carbocycles. The second-order valence-corrected chi connectivity index (χ2v) is 11.9. The smallest absolute Gasteiger partial charge is 0.341 e. The number of imide groups is 1. The Morgan fingerprint density at radius 3 is 2.62 bits per heavy atom. The molecule has 12 nitrogen and oxygen atoms in total. The van der Waals surface area contributed by atoms with Crippen LogP contribution >= 0.6 is 11.3 Å². The van der Waals surface area contributed by atoms with Crippen LogP contribution in [0.1, 0.15) is 71.0 Å². The van der Waals surface area contributed by atoms with E-state index in [1.165, 1.54) is 4.90 Å². The number of benzene rings is 1. The van der Waals surface area contributed by atoms with E-state index in [9.17, 15) is 28.8 Å². The molecule has 222 valence electrons. The van der Waals surface area contributed by atoms with Gasteiger partial charge in [-0.1, -0.05) is 18.7 Å². The fraction of sp³-hybridized carbons (Fsp3) is 0.379. The van der Waals surface area contributed by atoms with E-state index in [2.05, 4.69) is 22.5 Å². The van der Waals surface area contributed by atoms with E-state index >= 15 is 0 Å². The highest BCUT2D eigenvalue weighted by molar-refractivity contribution is 7.15. The van der Waals surface area contributed by atoms with Gasteiger partial charge in [0.15, 0.2) is 0 Å². The monoisotopic (exact) mass is 596 g/mol. The number of carbonyl (C=O) groups excluding carboxylic acids is 6. The Balaban J connectivity index is 1.32. The quantitative estimate of drug-likeness (QED) is 0.238. The third-order valence-electron chi connectivity index (χ3n) is 6.51. The van der Waals surface area contributed by atoms with Crippen LogP contribution in [0.2, 0.25) is 0 Å². The zero-order valence-electron chi connectivity index (χ0n) is 23.8. The normalized spacial score (nSPS) is 16.4. The number of thiophene rings is 1. The van der Waals surface area contributed by atoms with Gasteiger partial charge >= 0.3 is 18.0 Å². The second-order valence-electron chi connectivity index (χ2n) is 11.0. The first-order chi connectivity index (χ1) is 19.7. The molecule has 2 aromatic rings. The summed E-state index contributed by atoms with van der Waals surface area (Å²) >= 11 is 1.15. The number of ether oxygens (including phenoxy) is 2. The SMILES string of the molecule is C=C(COC(=O)c1c(C)csc1NC(=O)NCc1ccc2c(c1)CN(C1CCC(=O)NC1=O)C2=O)C(=O)OC(C)(C)C. The van der Waals surface area contributed by atoms with Crippen molar-refractivity contribution in [3.63, 3.8) is 0 Å². The number of rotatable bonds is 8. The van der Waals surface area contributed by atoms with E-state index in [1.807, 2.05) is 0 Å². The van der Waals surface area contributed by atoms with Gasteiger partial charge in [-0.25, -0.2) is 14.4 Å². The zero-order valence-corrected chi connectivity index (χ0v) is 24.6. The van der Waals surface area contributed by atoms with Crippen molar-refractivity contribution in [1.82, 2.24) is 15.5 Å². The topological polar surface area (TPSA) is 160 Å². The van der Waals surface area contributed by atoms with Gasteiger partial charge in [-0.05, 0) is 62.3 Å². The lowest BCUT2D eigenvalue weighted by Crippen LogP contribution is -2.52. The number of piperidine rings is 1. The van der Waals surface area contributed by atoms with Gasteiger partial charge in [0.05, 0.1) is 11.1 Å². The van der Waals surface area contributed by atoms with E-state index in [-0.39, 0.29) is 60.5 Å². The van der Waals surface area contributed by atoms with Crippen LogP contribution in [0.5, 0.6) is 0 Å². The summed E-state index contributed by atoms with van der Waals surface area (Å²) in [5, 5.41) is 9.64. The lowest BCUT2D eigenvalue weighted by Gasteiger charge is -2.29.